The number of rotatable bonds is 6. The van der Waals surface area contributed by atoms with Crippen LogP contribution in [0.15, 0.2) is 0 Å². The molecule has 0 radical (unpaired) electrons. The van der Waals surface area contributed by atoms with Crippen molar-refractivity contribution in [1.29, 1.82) is 0 Å². The molecule has 1 atom stereocenters. The molecule has 0 spiro atoms. The maximum Gasteiger partial charge on any atom is 0.320 e. The van der Waals surface area contributed by atoms with Crippen LogP contribution in [0, 0.1) is 0 Å². The van der Waals surface area contributed by atoms with Gasteiger partial charge in [-0.05, 0) is 41.8 Å². The number of hydrogen-bond donors (Lipinski definition) is 2. The molecule has 5 heteroatoms. The molecule has 0 heterocycles. The highest BCUT2D eigenvalue weighted by molar-refractivity contribution is 5.72. The number of aliphatic hydroxyl groups is 1. The maximum absolute atomic E-state index is 11.4. The van der Waals surface area contributed by atoms with Crippen molar-refractivity contribution >= 4 is 5.97 Å². The van der Waals surface area contributed by atoms with Crippen LogP contribution in [0.3, 0.4) is 0 Å². The van der Waals surface area contributed by atoms with Gasteiger partial charge in [-0.1, -0.05) is 0 Å². The van der Waals surface area contributed by atoms with Crippen molar-refractivity contribution in [3.05, 3.63) is 0 Å². The van der Waals surface area contributed by atoms with Crippen LogP contribution in [0.2, 0.25) is 0 Å². The number of carbonyl (C=O) groups is 1. The summed E-state index contributed by atoms with van der Waals surface area (Å²) in [5, 5.41) is 12.9. The minimum absolute atomic E-state index is 0.112. The largest absolute Gasteiger partial charge is 0.459 e. The van der Waals surface area contributed by atoms with Crippen molar-refractivity contribution in [2.24, 2.45) is 0 Å². The van der Waals surface area contributed by atoms with Gasteiger partial charge < -0.3 is 20.1 Å². The minimum Gasteiger partial charge on any atom is -0.459 e. The highest BCUT2D eigenvalue weighted by Crippen LogP contribution is 2.06. The summed E-state index contributed by atoms with van der Waals surface area (Å²) in [6.07, 6.45) is 0. The molecule has 0 aliphatic rings. The number of nitrogens with zero attached hydrogens (tertiary/aromatic N) is 1. The second-order valence-corrected chi connectivity index (χ2v) is 5.92. The molecule has 0 aliphatic carbocycles. The van der Waals surface area contributed by atoms with E-state index in [2.05, 4.69) is 5.32 Å². The lowest BCUT2D eigenvalue weighted by Crippen LogP contribution is -2.47. The van der Waals surface area contributed by atoms with E-state index in [1.165, 1.54) is 0 Å². The summed E-state index contributed by atoms with van der Waals surface area (Å²) in [5.41, 5.74) is -1.32. The minimum atomic E-state index is -0.856. The monoisotopic (exact) mass is 246 g/mol. The number of likely N-dealkylation sites (N-methyl/N-ethyl adjacent to an activating group) is 1. The van der Waals surface area contributed by atoms with Gasteiger partial charge in [0.05, 0.1) is 12.1 Å². The summed E-state index contributed by atoms with van der Waals surface area (Å²) in [7, 11) is 3.78. The zero-order chi connectivity index (χ0) is 13.7. The summed E-state index contributed by atoms with van der Waals surface area (Å²) in [5.74, 6) is -0.307. The predicted octanol–water partition coefficient (Wildman–Crippen LogP) is 0.230. The van der Waals surface area contributed by atoms with Crippen molar-refractivity contribution in [2.75, 3.05) is 33.7 Å². The van der Waals surface area contributed by atoms with Gasteiger partial charge in [-0.25, -0.2) is 0 Å². The molecule has 0 aromatic carbocycles. The van der Waals surface area contributed by atoms with Crippen LogP contribution in [0.4, 0.5) is 0 Å². The van der Waals surface area contributed by atoms with E-state index < -0.39 is 11.2 Å². The molecule has 1 unspecified atom stereocenters. The van der Waals surface area contributed by atoms with Crippen LogP contribution in [0.5, 0.6) is 0 Å². The number of ether oxygens (including phenoxy) is 1. The molecule has 0 aliphatic heterocycles. The Morgan fingerprint density at radius 2 is 1.82 bits per heavy atom. The lowest BCUT2D eigenvalue weighted by Gasteiger charge is -2.27. The third-order valence-electron chi connectivity index (χ3n) is 1.85. The van der Waals surface area contributed by atoms with Gasteiger partial charge in [0.25, 0.3) is 0 Å². The van der Waals surface area contributed by atoms with Crippen LogP contribution in [-0.4, -0.2) is 60.9 Å². The first kappa shape index (κ1) is 16.4. The molecule has 102 valence electrons. The summed E-state index contributed by atoms with van der Waals surface area (Å²) in [6.45, 7) is 8.21. The smallest absolute Gasteiger partial charge is 0.320 e. The van der Waals surface area contributed by atoms with Crippen molar-refractivity contribution in [3.63, 3.8) is 0 Å². The van der Waals surface area contributed by atoms with E-state index in [4.69, 9.17) is 4.74 Å². The van der Waals surface area contributed by atoms with Gasteiger partial charge in [0.15, 0.2) is 0 Å². The average Bonchev–Trinajstić information content (AvgIpc) is 1.95. The Kier molecular flexibility index (Phi) is 6.09. The highest BCUT2D eigenvalue weighted by Gasteiger charge is 2.22. The lowest BCUT2D eigenvalue weighted by molar-refractivity contribution is -0.153. The molecule has 0 aromatic rings. The molecule has 0 rings (SSSR count). The Labute approximate surface area is 104 Å². The molecule has 2 N–H and O–H groups in total. The summed E-state index contributed by atoms with van der Waals surface area (Å²) in [4.78, 5) is 13.3. The van der Waals surface area contributed by atoms with Gasteiger partial charge in [0.1, 0.15) is 5.60 Å². The quantitative estimate of drug-likeness (QED) is 0.657. The zero-order valence-electron chi connectivity index (χ0n) is 11.8. The van der Waals surface area contributed by atoms with Crippen LogP contribution in [0.1, 0.15) is 27.7 Å². The van der Waals surface area contributed by atoms with E-state index in [1.54, 1.807) is 6.92 Å². The predicted molar refractivity (Wildman–Crippen MR) is 67.9 cm³/mol. The lowest BCUT2D eigenvalue weighted by atomic mass is 10.1. The highest BCUT2D eigenvalue weighted by atomic mass is 16.6. The fraction of sp³-hybridized carbons (Fsp3) is 0.917. The number of esters is 1. The van der Waals surface area contributed by atoms with Gasteiger partial charge in [0.2, 0.25) is 0 Å². The van der Waals surface area contributed by atoms with Crippen molar-refractivity contribution in [2.45, 2.75) is 38.9 Å². The first-order valence-electron chi connectivity index (χ1n) is 5.81. The first-order chi connectivity index (χ1) is 7.52. The summed E-state index contributed by atoms with van der Waals surface area (Å²) >= 11 is 0. The SMILES string of the molecule is CN(C)CC(C)(O)CNCC(=O)OC(C)(C)C. The summed E-state index contributed by atoms with van der Waals surface area (Å²) < 4.78 is 5.14. The molecular formula is C12H26N2O3. The van der Waals surface area contributed by atoms with E-state index in [1.807, 2.05) is 39.8 Å². The van der Waals surface area contributed by atoms with Gasteiger partial charge in [-0.2, -0.15) is 0 Å². The Hall–Kier alpha value is -0.650. The van der Waals surface area contributed by atoms with E-state index in [-0.39, 0.29) is 12.5 Å². The normalized spacial score (nSPS) is 15.8. The Morgan fingerprint density at radius 3 is 2.24 bits per heavy atom. The van der Waals surface area contributed by atoms with Gasteiger partial charge in [-0.15, -0.1) is 0 Å². The van der Waals surface area contributed by atoms with Crippen molar-refractivity contribution in [3.8, 4) is 0 Å². The molecule has 0 amide bonds. The van der Waals surface area contributed by atoms with Crippen molar-refractivity contribution in [1.82, 2.24) is 10.2 Å². The van der Waals surface area contributed by atoms with Gasteiger partial charge in [0, 0.05) is 13.1 Å². The Morgan fingerprint density at radius 1 is 1.29 bits per heavy atom. The molecule has 5 nitrogen and oxygen atoms in total. The van der Waals surface area contributed by atoms with E-state index in [0.717, 1.165) is 0 Å². The number of carbonyl (C=O) groups excluding carboxylic acids is 1. The Bertz CT molecular complexity index is 245. The fourth-order valence-corrected chi connectivity index (χ4v) is 1.55. The average molecular weight is 246 g/mol. The second-order valence-electron chi connectivity index (χ2n) is 5.92. The van der Waals surface area contributed by atoms with Crippen LogP contribution in [0.25, 0.3) is 0 Å². The Balaban J connectivity index is 3.87. The number of nitrogens with one attached hydrogen (secondary N) is 1. The van der Waals surface area contributed by atoms with E-state index >= 15 is 0 Å². The fourth-order valence-electron chi connectivity index (χ4n) is 1.55. The van der Waals surface area contributed by atoms with Gasteiger partial charge >= 0.3 is 5.97 Å². The standard InChI is InChI=1S/C12H26N2O3/c1-11(2,3)17-10(15)7-13-8-12(4,16)9-14(5)6/h13,16H,7-9H2,1-6H3. The zero-order valence-corrected chi connectivity index (χ0v) is 11.8. The van der Waals surface area contributed by atoms with Crippen LogP contribution < -0.4 is 5.32 Å². The topological polar surface area (TPSA) is 61.8 Å². The van der Waals surface area contributed by atoms with E-state index in [9.17, 15) is 9.90 Å². The van der Waals surface area contributed by atoms with Crippen LogP contribution in [-0.2, 0) is 9.53 Å². The maximum atomic E-state index is 11.4. The molecule has 0 saturated carbocycles. The van der Waals surface area contributed by atoms with Crippen LogP contribution >= 0.6 is 0 Å². The molecule has 0 saturated heterocycles. The molecule has 0 fully saturated rings. The first-order valence-corrected chi connectivity index (χ1v) is 5.81. The summed E-state index contributed by atoms with van der Waals surface area (Å²) in [6, 6.07) is 0. The molecule has 0 aromatic heterocycles. The second kappa shape index (κ2) is 6.33. The third kappa shape index (κ3) is 10.2. The third-order valence-corrected chi connectivity index (χ3v) is 1.85. The molecule has 17 heavy (non-hydrogen) atoms. The van der Waals surface area contributed by atoms with Gasteiger partial charge in [-0.3, -0.25) is 4.79 Å². The molecular weight excluding hydrogens is 220 g/mol. The number of hydrogen-bond acceptors (Lipinski definition) is 5. The molecule has 0 bridgehead atoms. The van der Waals surface area contributed by atoms with Crippen molar-refractivity contribution < 1.29 is 14.6 Å². The van der Waals surface area contributed by atoms with E-state index in [0.29, 0.717) is 13.1 Å².